The van der Waals surface area contributed by atoms with Crippen molar-refractivity contribution in [3.63, 3.8) is 0 Å². The minimum Gasteiger partial charge on any atom is -0.388 e. The molecule has 3 N–H and O–H groups in total. The third-order valence-corrected chi connectivity index (χ3v) is 6.54. The molecule has 1 aliphatic carbocycles. The summed E-state index contributed by atoms with van der Waals surface area (Å²) in [4.78, 5) is 35.4. The minimum absolute atomic E-state index is 0.192. The smallest absolute Gasteiger partial charge is 0.249 e. The Kier molecular flexibility index (Phi) is 6.01. The molecule has 1 aliphatic heterocycles. The molecule has 37 heavy (non-hydrogen) atoms. The fourth-order valence-electron chi connectivity index (χ4n) is 4.49. The van der Waals surface area contributed by atoms with Gasteiger partial charge >= 0.3 is 0 Å². The van der Waals surface area contributed by atoms with E-state index < -0.39 is 18.4 Å². The van der Waals surface area contributed by atoms with E-state index in [2.05, 4.69) is 25.6 Å². The number of ether oxygens (including phenoxy) is 1. The average molecular weight is 501 g/mol. The normalized spacial score (nSPS) is 21.3. The van der Waals surface area contributed by atoms with Crippen LogP contribution in [0.5, 0.6) is 0 Å². The van der Waals surface area contributed by atoms with Crippen LogP contribution in [0.4, 0.5) is 5.82 Å². The van der Waals surface area contributed by atoms with Crippen LogP contribution in [0.3, 0.4) is 0 Å². The number of aliphatic hydroxyl groups excluding tert-OH is 1. The second-order valence-electron chi connectivity index (χ2n) is 9.75. The van der Waals surface area contributed by atoms with Gasteiger partial charge in [0, 0.05) is 36.6 Å². The molecule has 2 fully saturated rings. The van der Waals surface area contributed by atoms with E-state index in [1.54, 1.807) is 29.5 Å². The molecule has 1 amide bonds. The number of amides is 1. The van der Waals surface area contributed by atoms with E-state index in [1.165, 1.54) is 0 Å². The topological polar surface area (TPSA) is 140 Å². The number of imidazole rings is 1. The Morgan fingerprint density at radius 3 is 2.81 bits per heavy atom. The van der Waals surface area contributed by atoms with E-state index in [9.17, 15) is 9.90 Å². The largest absolute Gasteiger partial charge is 0.388 e. The number of carbonyl (C=O) groups is 1. The van der Waals surface area contributed by atoms with Crippen LogP contribution >= 0.6 is 0 Å². The quantitative estimate of drug-likeness (QED) is 0.349. The lowest BCUT2D eigenvalue weighted by Gasteiger charge is -2.17. The maximum atomic E-state index is 12.6. The molecule has 190 valence electrons. The van der Waals surface area contributed by atoms with Crippen molar-refractivity contribution in [2.75, 3.05) is 5.32 Å². The fourth-order valence-corrected chi connectivity index (χ4v) is 4.49. The molecule has 0 bridgehead atoms. The van der Waals surface area contributed by atoms with Gasteiger partial charge < -0.3 is 20.5 Å². The first kappa shape index (κ1) is 23.4. The number of pyridine rings is 2. The SMILES string of the molecule is Cc1cncc(-c2nc(NCc3cc(C)ccn3)c3ncn([C@@H]4O[C@H](C(=O)NC5CC5)C[C@H]4O)c3n2)c1. The van der Waals surface area contributed by atoms with Gasteiger partial charge in [0.2, 0.25) is 5.91 Å². The van der Waals surface area contributed by atoms with Crippen molar-refractivity contribution in [3.8, 4) is 11.4 Å². The molecule has 4 aromatic heterocycles. The minimum atomic E-state index is -0.890. The Balaban J connectivity index is 1.36. The molecule has 1 saturated heterocycles. The van der Waals surface area contributed by atoms with E-state index in [1.807, 2.05) is 32.0 Å². The third kappa shape index (κ3) is 4.87. The number of hydrogen-bond acceptors (Lipinski definition) is 9. The van der Waals surface area contributed by atoms with Gasteiger partial charge in [0.15, 0.2) is 29.0 Å². The highest BCUT2D eigenvalue weighted by atomic mass is 16.5. The maximum absolute atomic E-state index is 12.6. The van der Waals surface area contributed by atoms with Crippen molar-refractivity contribution in [1.29, 1.82) is 0 Å². The number of nitrogens with one attached hydrogen (secondary N) is 2. The molecular formula is C26H28N8O3. The van der Waals surface area contributed by atoms with Crippen LogP contribution in [0.15, 0.2) is 43.1 Å². The second kappa shape index (κ2) is 9.49. The summed E-state index contributed by atoms with van der Waals surface area (Å²) < 4.78 is 7.70. The zero-order valence-corrected chi connectivity index (χ0v) is 20.6. The lowest BCUT2D eigenvalue weighted by molar-refractivity contribution is -0.134. The number of aliphatic hydroxyl groups is 1. The van der Waals surface area contributed by atoms with Crippen LogP contribution < -0.4 is 10.6 Å². The zero-order chi connectivity index (χ0) is 25.5. The van der Waals surface area contributed by atoms with Crippen molar-refractivity contribution < 1.29 is 14.6 Å². The lowest BCUT2D eigenvalue weighted by Crippen LogP contribution is -2.35. The first-order chi connectivity index (χ1) is 17.9. The zero-order valence-electron chi connectivity index (χ0n) is 20.6. The highest BCUT2D eigenvalue weighted by Gasteiger charge is 2.41. The summed E-state index contributed by atoms with van der Waals surface area (Å²) in [5.41, 5.74) is 4.72. The van der Waals surface area contributed by atoms with Crippen LogP contribution in [-0.4, -0.2) is 58.8 Å². The van der Waals surface area contributed by atoms with Gasteiger partial charge in [-0.15, -0.1) is 0 Å². The Labute approximate surface area is 213 Å². The first-order valence-corrected chi connectivity index (χ1v) is 12.4. The number of aryl methyl sites for hydroxylation is 2. The van der Waals surface area contributed by atoms with Gasteiger partial charge in [-0.2, -0.15) is 0 Å². The van der Waals surface area contributed by atoms with Gasteiger partial charge in [0.05, 0.1) is 18.6 Å². The molecule has 11 heteroatoms. The van der Waals surface area contributed by atoms with Crippen LogP contribution in [-0.2, 0) is 16.1 Å². The Hall–Kier alpha value is -3.96. The molecular weight excluding hydrogens is 472 g/mol. The number of anilines is 1. The number of aromatic nitrogens is 6. The summed E-state index contributed by atoms with van der Waals surface area (Å²) in [5, 5.41) is 17.1. The van der Waals surface area contributed by atoms with Gasteiger partial charge in [-0.25, -0.2) is 15.0 Å². The number of fused-ring (bicyclic) bond motifs is 1. The molecule has 0 aromatic carbocycles. The van der Waals surface area contributed by atoms with Gasteiger partial charge in [-0.1, -0.05) is 0 Å². The molecule has 4 aromatic rings. The van der Waals surface area contributed by atoms with E-state index in [0.29, 0.717) is 29.4 Å². The monoisotopic (exact) mass is 500 g/mol. The molecule has 0 spiro atoms. The van der Waals surface area contributed by atoms with Crippen LogP contribution in [0.2, 0.25) is 0 Å². The fraction of sp³-hybridized carbons (Fsp3) is 0.385. The summed E-state index contributed by atoms with van der Waals surface area (Å²) in [6.07, 6.45) is 6.57. The second-order valence-corrected chi connectivity index (χ2v) is 9.75. The lowest BCUT2D eigenvalue weighted by atomic mass is 10.2. The Morgan fingerprint density at radius 1 is 1.16 bits per heavy atom. The highest BCUT2D eigenvalue weighted by Crippen LogP contribution is 2.34. The van der Waals surface area contributed by atoms with Gasteiger partial charge in [0.1, 0.15) is 12.2 Å². The van der Waals surface area contributed by atoms with Gasteiger partial charge in [-0.05, 0) is 56.0 Å². The predicted octanol–water partition coefficient (Wildman–Crippen LogP) is 2.44. The summed E-state index contributed by atoms with van der Waals surface area (Å²) in [6.45, 7) is 4.42. The number of hydrogen-bond donors (Lipinski definition) is 3. The van der Waals surface area contributed by atoms with E-state index in [-0.39, 0.29) is 18.4 Å². The van der Waals surface area contributed by atoms with Crippen molar-refractivity contribution in [3.05, 3.63) is 59.9 Å². The maximum Gasteiger partial charge on any atom is 0.249 e. The van der Waals surface area contributed by atoms with E-state index in [4.69, 9.17) is 14.7 Å². The summed E-state index contributed by atoms with van der Waals surface area (Å²) >= 11 is 0. The molecule has 1 saturated carbocycles. The van der Waals surface area contributed by atoms with Crippen molar-refractivity contribution in [1.82, 2.24) is 34.8 Å². The molecule has 2 aliphatic rings. The number of rotatable bonds is 7. The Bertz CT molecular complexity index is 1470. The molecule has 0 radical (unpaired) electrons. The van der Waals surface area contributed by atoms with Crippen LogP contribution in [0.25, 0.3) is 22.6 Å². The van der Waals surface area contributed by atoms with Crippen LogP contribution in [0, 0.1) is 13.8 Å². The van der Waals surface area contributed by atoms with Gasteiger partial charge in [-0.3, -0.25) is 19.3 Å². The standard InChI is InChI=1S/C26H28N8O3/c1-14-5-6-28-18(8-14)12-29-23-21-24(33-22(32-23)16-7-15(2)10-27-11-16)34(13-30-21)26-19(35)9-20(37-26)25(36)31-17-3-4-17/h5-8,10-11,13,17,19-20,26,35H,3-4,9,12H2,1-2H3,(H,31,36)(H,29,32,33)/t19-,20+,26-/m1/s1. The molecule has 3 atom stereocenters. The third-order valence-electron chi connectivity index (χ3n) is 6.54. The highest BCUT2D eigenvalue weighted by molar-refractivity contribution is 5.85. The van der Waals surface area contributed by atoms with E-state index in [0.717, 1.165) is 35.2 Å². The first-order valence-electron chi connectivity index (χ1n) is 12.4. The summed E-state index contributed by atoms with van der Waals surface area (Å²) in [7, 11) is 0. The molecule has 5 heterocycles. The van der Waals surface area contributed by atoms with Crippen LogP contribution in [0.1, 0.15) is 42.3 Å². The molecule has 11 nitrogen and oxygen atoms in total. The number of nitrogens with zero attached hydrogens (tertiary/aromatic N) is 6. The Morgan fingerprint density at radius 2 is 2.03 bits per heavy atom. The predicted molar refractivity (Wildman–Crippen MR) is 135 cm³/mol. The summed E-state index contributed by atoms with van der Waals surface area (Å²) in [5.74, 6) is 0.794. The van der Waals surface area contributed by atoms with Gasteiger partial charge in [0.25, 0.3) is 0 Å². The van der Waals surface area contributed by atoms with Crippen molar-refractivity contribution >= 4 is 22.9 Å². The van der Waals surface area contributed by atoms with Crippen molar-refractivity contribution in [2.45, 2.75) is 64.1 Å². The average Bonchev–Trinajstić information content (AvgIpc) is 3.46. The summed E-state index contributed by atoms with van der Waals surface area (Å²) in [6, 6.07) is 6.13. The van der Waals surface area contributed by atoms with E-state index >= 15 is 0 Å². The molecule has 6 rings (SSSR count). The van der Waals surface area contributed by atoms with Crippen molar-refractivity contribution in [2.24, 2.45) is 0 Å². The number of carbonyl (C=O) groups excluding carboxylic acids is 1. The molecule has 0 unspecified atom stereocenters.